The lowest BCUT2D eigenvalue weighted by atomic mass is 9.79. The van der Waals surface area contributed by atoms with Crippen LogP contribution in [-0.2, 0) is 9.53 Å². The molecule has 0 aromatic carbocycles. The van der Waals surface area contributed by atoms with E-state index in [9.17, 15) is 4.79 Å². The number of piperidine rings is 1. The number of Topliss-reactive ketones (excluding diaryl/α,β-unsaturated/α-hetero) is 1. The molecule has 4 rings (SSSR count). The van der Waals surface area contributed by atoms with Gasteiger partial charge in [-0.15, -0.1) is 0 Å². The molecule has 2 saturated heterocycles. The Balaban J connectivity index is 1.44. The molecule has 3 heterocycles. The Morgan fingerprint density at radius 2 is 2.00 bits per heavy atom. The number of rotatable bonds is 1. The molecule has 0 radical (unpaired) electrons. The van der Waals surface area contributed by atoms with Crippen LogP contribution in [0.15, 0.2) is 24.5 Å². The van der Waals surface area contributed by atoms with Gasteiger partial charge in [0, 0.05) is 43.5 Å². The van der Waals surface area contributed by atoms with Gasteiger partial charge in [-0.3, -0.25) is 9.78 Å². The van der Waals surface area contributed by atoms with E-state index in [0.29, 0.717) is 5.78 Å². The summed E-state index contributed by atoms with van der Waals surface area (Å²) in [6.45, 7) is 2.02. The second kappa shape index (κ2) is 5.09. The van der Waals surface area contributed by atoms with Gasteiger partial charge in [0.05, 0.1) is 11.7 Å². The van der Waals surface area contributed by atoms with E-state index < -0.39 is 0 Å². The Kier molecular flexibility index (Phi) is 3.21. The fourth-order valence-electron chi connectivity index (χ4n) is 4.28. The Morgan fingerprint density at radius 1 is 1.24 bits per heavy atom. The van der Waals surface area contributed by atoms with E-state index in [1.807, 2.05) is 12.4 Å². The van der Waals surface area contributed by atoms with Crippen molar-refractivity contribution in [2.45, 2.75) is 50.2 Å². The van der Waals surface area contributed by atoms with Gasteiger partial charge in [-0.25, -0.2) is 0 Å². The van der Waals surface area contributed by atoms with Crippen molar-refractivity contribution in [3.05, 3.63) is 24.5 Å². The van der Waals surface area contributed by atoms with Crippen LogP contribution in [0.2, 0.25) is 0 Å². The maximum absolute atomic E-state index is 12.1. The number of carbonyl (C=O) groups is 1. The van der Waals surface area contributed by atoms with Gasteiger partial charge in [0.2, 0.25) is 0 Å². The van der Waals surface area contributed by atoms with Crippen LogP contribution in [0.4, 0.5) is 5.69 Å². The molecule has 1 aliphatic carbocycles. The molecule has 0 bridgehead atoms. The first-order valence-corrected chi connectivity index (χ1v) is 8.11. The molecule has 3 fully saturated rings. The first-order valence-electron chi connectivity index (χ1n) is 8.11. The quantitative estimate of drug-likeness (QED) is 0.796. The van der Waals surface area contributed by atoms with E-state index in [4.69, 9.17) is 4.74 Å². The van der Waals surface area contributed by atoms with E-state index in [1.54, 1.807) is 0 Å². The lowest BCUT2D eigenvalue weighted by Crippen LogP contribution is -2.44. The molecule has 112 valence electrons. The third-order valence-corrected chi connectivity index (χ3v) is 5.47. The average Bonchev–Trinajstić information content (AvgIpc) is 2.88. The highest BCUT2D eigenvalue weighted by molar-refractivity contribution is 5.82. The Labute approximate surface area is 125 Å². The number of fused-ring (bicyclic) bond motifs is 1. The largest absolute Gasteiger partial charge is 0.371 e. The summed E-state index contributed by atoms with van der Waals surface area (Å²) >= 11 is 0. The molecule has 2 aliphatic heterocycles. The molecule has 21 heavy (non-hydrogen) atoms. The van der Waals surface area contributed by atoms with E-state index in [2.05, 4.69) is 22.0 Å². The first-order chi connectivity index (χ1) is 10.3. The summed E-state index contributed by atoms with van der Waals surface area (Å²) in [6.07, 6.45) is 9.79. The molecular formula is C17H22N2O2. The zero-order valence-electron chi connectivity index (χ0n) is 12.3. The monoisotopic (exact) mass is 286 g/mol. The normalized spacial score (nSPS) is 31.4. The average molecular weight is 286 g/mol. The number of anilines is 1. The maximum atomic E-state index is 12.1. The minimum absolute atomic E-state index is 0.0289. The topological polar surface area (TPSA) is 42.4 Å². The molecule has 0 amide bonds. The van der Waals surface area contributed by atoms with Crippen LogP contribution in [0.1, 0.15) is 38.5 Å². The molecule has 1 aromatic heterocycles. The number of nitrogens with zero attached hydrogens (tertiary/aromatic N) is 2. The molecule has 3 aliphatic rings. The molecule has 1 saturated carbocycles. The van der Waals surface area contributed by atoms with Gasteiger partial charge >= 0.3 is 0 Å². The van der Waals surface area contributed by atoms with Gasteiger partial charge in [0.25, 0.3) is 0 Å². The molecule has 4 nitrogen and oxygen atoms in total. The van der Waals surface area contributed by atoms with E-state index >= 15 is 0 Å². The van der Waals surface area contributed by atoms with Gasteiger partial charge in [-0.2, -0.15) is 0 Å². The Morgan fingerprint density at radius 3 is 2.71 bits per heavy atom. The van der Waals surface area contributed by atoms with Crippen molar-refractivity contribution in [3.63, 3.8) is 0 Å². The zero-order valence-corrected chi connectivity index (χ0v) is 12.3. The summed E-state index contributed by atoms with van der Waals surface area (Å²) in [4.78, 5) is 18.6. The fourth-order valence-corrected chi connectivity index (χ4v) is 4.28. The summed E-state index contributed by atoms with van der Waals surface area (Å²) in [7, 11) is 0. The lowest BCUT2D eigenvalue weighted by Gasteiger charge is -2.40. The van der Waals surface area contributed by atoms with Crippen LogP contribution in [0.5, 0.6) is 0 Å². The number of hydrogen-bond donors (Lipinski definition) is 0. The second-order valence-corrected chi connectivity index (χ2v) is 6.70. The van der Waals surface area contributed by atoms with E-state index in [-0.39, 0.29) is 17.6 Å². The minimum atomic E-state index is -0.0289. The highest BCUT2D eigenvalue weighted by Gasteiger charge is 2.50. The fraction of sp³-hybridized carbons (Fsp3) is 0.647. The lowest BCUT2D eigenvalue weighted by molar-refractivity contribution is -0.128. The summed E-state index contributed by atoms with van der Waals surface area (Å²) in [6, 6.07) is 4.13. The van der Waals surface area contributed by atoms with Crippen molar-refractivity contribution in [3.8, 4) is 0 Å². The van der Waals surface area contributed by atoms with Crippen LogP contribution >= 0.6 is 0 Å². The van der Waals surface area contributed by atoms with Gasteiger partial charge < -0.3 is 9.64 Å². The number of ether oxygens (including phenoxy) is 1. The van der Waals surface area contributed by atoms with E-state index in [1.165, 1.54) is 5.69 Å². The molecule has 2 unspecified atom stereocenters. The minimum Gasteiger partial charge on any atom is -0.371 e. The third-order valence-electron chi connectivity index (χ3n) is 5.47. The standard InChI is InChI=1S/C17H22N2O2/c20-15-2-1-3-16-14(15)12-17(21-16)6-10-19(11-7-17)13-4-8-18-9-5-13/h4-5,8-9,14,16H,1-3,6-7,10-12H2. The number of aromatic nitrogens is 1. The van der Waals surface area contributed by atoms with Crippen LogP contribution in [-0.4, -0.2) is 35.6 Å². The summed E-state index contributed by atoms with van der Waals surface area (Å²) < 4.78 is 6.39. The number of hydrogen-bond acceptors (Lipinski definition) is 4. The molecule has 1 aromatic rings. The molecule has 1 spiro atoms. The maximum Gasteiger partial charge on any atom is 0.138 e. The molecular weight excluding hydrogens is 264 g/mol. The number of pyridine rings is 1. The second-order valence-electron chi connectivity index (χ2n) is 6.70. The summed E-state index contributed by atoms with van der Waals surface area (Å²) in [5.74, 6) is 0.630. The van der Waals surface area contributed by atoms with Gasteiger partial charge in [-0.05, 0) is 44.2 Å². The highest BCUT2D eigenvalue weighted by atomic mass is 16.5. The Bertz CT molecular complexity index is 523. The van der Waals surface area contributed by atoms with E-state index in [0.717, 1.165) is 51.6 Å². The molecule has 4 heteroatoms. The Hall–Kier alpha value is -1.42. The predicted octanol–water partition coefficient (Wildman–Crippen LogP) is 2.58. The van der Waals surface area contributed by atoms with Gasteiger partial charge in [0.1, 0.15) is 5.78 Å². The number of carbonyl (C=O) groups excluding carboxylic acids is 1. The van der Waals surface area contributed by atoms with Crippen LogP contribution in [0, 0.1) is 5.92 Å². The summed E-state index contributed by atoms with van der Waals surface area (Å²) in [5.41, 5.74) is 1.21. The van der Waals surface area contributed by atoms with Crippen molar-refractivity contribution in [2.75, 3.05) is 18.0 Å². The van der Waals surface area contributed by atoms with Crippen LogP contribution < -0.4 is 4.90 Å². The van der Waals surface area contributed by atoms with Crippen molar-refractivity contribution < 1.29 is 9.53 Å². The SMILES string of the molecule is O=C1CCCC2OC3(CCN(c4ccncc4)CC3)CC12. The van der Waals surface area contributed by atoms with Crippen molar-refractivity contribution in [1.82, 2.24) is 4.98 Å². The van der Waals surface area contributed by atoms with Crippen LogP contribution in [0.3, 0.4) is 0 Å². The van der Waals surface area contributed by atoms with Gasteiger partial charge in [-0.1, -0.05) is 0 Å². The number of ketones is 1. The third kappa shape index (κ3) is 2.35. The van der Waals surface area contributed by atoms with Gasteiger partial charge in [0.15, 0.2) is 0 Å². The molecule has 0 N–H and O–H groups in total. The summed E-state index contributed by atoms with van der Waals surface area (Å²) in [5, 5.41) is 0. The van der Waals surface area contributed by atoms with Crippen molar-refractivity contribution >= 4 is 11.5 Å². The van der Waals surface area contributed by atoms with Crippen molar-refractivity contribution in [1.29, 1.82) is 0 Å². The smallest absolute Gasteiger partial charge is 0.138 e. The highest BCUT2D eigenvalue weighted by Crippen LogP contribution is 2.46. The first kappa shape index (κ1) is 13.3. The zero-order chi connectivity index (χ0) is 14.3. The molecule has 2 atom stereocenters. The van der Waals surface area contributed by atoms with Crippen LogP contribution in [0.25, 0.3) is 0 Å². The van der Waals surface area contributed by atoms with Crippen molar-refractivity contribution in [2.24, 2.45) is 5.92 Å². The predicted molar refractivity (Wildman–Crippen MR) is 80.3 cm³/mol.